The second-order valence-electron chi connectivity index (χ2n) is 4.66. The van der Waals surface area contributed by atoms with Crippen molar-refractivity contribution in [2.45, 2.75) is 6.92 Å². The van der Waals surface area contributed by atoms with E-state index >= 15 is 0 Å². The molecule has 3 rings (SSSR count). The molecule has 2 heterocycles. The lowest BCUT2D eigenvalue weighted by atomic mass is 10.2. The van der Waals surface area contributed by atoms with E-state index in [1.807, 2.05) is 24.4 Å². The van der Waals surface area contributed by atoms with E-state index < -0.39 is 0 Å². The van der Waals surface area contributed by atoms with Crippen LogP contribution in [0.4, 0.5) is 5.69 Å². The van der Waals surface area contributed by atoms with Crippen molar-refractivity contribution >= 4 is 69.4 Å². The Labute approximate surface area is 151 Å². The van der Waals surface area contributed by atoms with Crippen LogP contribution in [0.15, 0.2) is 40.6 Å². The van der Waals surface area contributed by atoms with Crippen LogP contribution < -0.4 is 4.90 Å². The van der Waals surface area contributed by atoms with Crippen molar-refractivity contribution in [3.63, 3.8) is 0 Å². The number of anilines is 1. The van der Waals surface area contributed by atoms with E-state index in [1.54, 1.807) is 12.1 Å². The van der Waals surface area contributed by atoms with Gasteiger partial charge in [0.25, 0.3) is 11.8 Å². The molecule has 0 saturated heterocycles. The molecule has 7 heteroatoms. The number of carbonyl (C=O) groups is 2. The molecule has 0 bridgehead atoms. The Morgan fingerprint density at radius 1 is 1.13 bits per heavy atom. The summed E-state index contributed by atoms with van der Waals surface area (Å²) in [6.45, 7) is 1.95. The van der Waals surface area contributed by atoms with Gasteiger partial charge in [0.2, 0.25) is 0 Å². The average Bonchev–Trinajstić information content (AvgIpc) is 3.11. The van der Waals surface area contributed by atoms with E-state index in [-0.39, 0.29) is 11.8 Å². The maximum atomic E-state index is 12.9. The molecule has 118 valence electrons. The molecule has 1 aromatic carbocycles. The Morgan fingerprint density at radius 2 is 1.91 bits per heavy atom. The van der Waals surface area contributed by atoms with Crippen LogP contribution in [0.5, 0.6) is 0 Å². The first-order chi connectivity index (χ1) is 11.0. The summed E-state index contributed by atoms with van der Waals surface area (Å²) in [7, 11) is 0. The third-order valence-corrected chi connectivity index (χ3v) is 5.84. The predicted molar refractivity (Wildman–Crippen MR) is 98.3 cm³/mol. The van der Waals surface area contributed by atoms with Crippen LogP contribution in [-0.4, -0.2) is 17.6 Å². The van der Waals surface area contributed by atoms with Gasteiger partial charge in [0.1, 0.15) is 0 Å². The van der Waals surface area contributed by atoms with Crippen LogP contribution in [-0.2, 0) is 9.59 Å². The zero-order chi connectivity index (χ0) is 16.6. The summed E-state index contributed by atoms with van der Waals surface area (Å²) < 4.78 is 0. The van der Waals surface area contributed by atoms with Crippen molar-refractivity contribution < 1.29 is 9.59 Å². The second kappa shape index (κ2) is 6.69. The number of thiophene rings is 1. The van der Waals surface area contributed by atoms with Crippen LogP contribution in [0.25, 0.3) is 5.57 Å². The molecule has 0 spiro atoms. The topological polar surface area (TPSA) is 37.4 Å². The summed E-state index contributed by atoms with van der Waals surface area (Å²) in [5.74, 6) is 0.0637. The van der Waals surface area contributed by atoms with Crippen molar-refractivity contribution in [1.29, 1.82) is 0 Å². The Morgan fingerprint density at radius 3 is 2.52 bits per heavy atom. The quantitative estimate of drug-likeness (QED) is 0.689. The van der Waals surface area contributed by atoms with Gasteiger partial charge in [0, 0.05) is 4.88 Å². The molecule has 0 unspecified atom stereocenters. The number of rotatable bonds is 4. The molecule has 0 radical (unpaired) electrons. The Bertz CT molecular complexity index is 815. The molecule has 2 amide bonds. The summed E-state index contributed by atoms with van der Waals surface area (Å²) in [6, 6.07) is 8.44. The van der Waals surface area contributed by atoms with Crippen LogP contribution in [0.2, 0.25) is 10.0 Å². The number of amides is 2. The maximum Gasteiger partial charge on any atom is 0.272 e. The van der Waals surface area contributed by atoms with E-state index in [2.05, 4.69) is 0 Å². The van der Waals surface area contributed by atoms with Crippen molar-refractivity contribution in [3.8, 4) is 0 Å². The number of carbonyl (C=O) groups excluding carboxylic acids is 2. The summed E-state index contributed by atoms with van der Waals surface area (Å²) in [5.41, 5.74) is 0.887. The maximum absolute atomic E-state index is 12.9. The Hall–Kier alpha value is -1.27. The molecule has 0 N–H and O–H groups in total. The van der Waals surface area contributed by atoms with Gasteiger partial charge in [-0.25, -0.2) is 4.90 Å². The van der Waals surface area contributed by atoms with Gasteiger partial charge < -0.3 is 0 Å². The third kappa shape index (κ3) is 2.94. The normalized spacial score (nSPS) is 15.0. The van der Waals surface area contributed by atoms with Crippen molar-refractivity contribution in [2.75, 3.05) is 10.7 Å². The molecule has 0 fully saturated rings. The Kier molecular flexibility index (Phi) is 4.82. The highest BCUT2D eigenvalue weighted by molar-refractivity contribution is 8.04. The first-order valence-corrected chi connectivity index (χ1v) is 9.41. The van der Waals surface area contributed by atoms with Gasteiger partial charge >= 0.3 is 0 Å². The number of thioether (sulfide) groups is 1. The fourth-order valence-corrected chi connectivity index (χ4v) is 4.25. The summed E-state index contributed by atoms with van der Waals surface area (Å²) in [5, 5.41) is 2.57. The molecule has 23 heavy (non-hydrogen) atoms. The molecule has 1 aliphatic heterocycles. The van der Waals surface area contributed by atoms with E-state index in [0.717, 1.165) is 9.78 Å². The fourth-order valence-electron chi connectivity index (χ4n) is 2.28. The highest BCUT2D eigenvalue weighted by atomic mass is 35.5. The number of imide groups is 1. The van der Waals surface area contributed by atoms with Crippen LogP contribution in [0.3, 0.4) is 0 Å². The van der Waals surface area contributed by atoms with E-state index in [4.69, 9.17) is 23.2 Å². The Balaban J connectivity index is 2.08. The molecule has 0 saturated carbocycles. The minimum Gasteiger partial charge on any atom is -0.268 e. The van der Waals surface area contributed by atoms with Gasteiger partial charge in [-0.3, -0.25) is 9.59 Å². The predicted octanol–water partition coefficient (Wildman–Crippen LogP) is 5.09. The molecule has 3 nitrogen and oxygen atoms in total. The summed E-state index contributed by atoms with van der Waals surface area (Å²) in [6.07, 6.45) is 0. The van der Waals surface area contributed by atoms with Gasteiger partial charge in [-0.05, 0) is 35.4 Å². The molecular weight excluding hydrogens is 373 g/mol. The number of halogens is 2. The molecule has 0 aliphatic carbocycles. The van der Waals surface area contributed by atoms with Gasteiger partial charge in [-0.15, -0.1) is 23.1 Å². The number of nitrogens with zero attached hydrogens (tertiary/aromatic N) is 1. The third-order valence-electron chi connectivity index (χ3n) is 3.26. The van der Waals surface area contributed by atoms with E-state index in [0.29, 0.717) is 32.0 Å². The van der Waals surface area contributed by atoms with Gasteiger partial charge in [-0.2, -0.15) is 0 Å². The fraction of sp³-hybridized carbons (Fsp3) is 0.125. The van der Waals surface area contributed by atoms with Crippen LogP contribution in [0, 0.1) is 0 Å². The van der Waals surface area contributed by atoms with Crippen molar-refractivity contribution in [3.05, 3.63) is 55.5 Å². The van der Waals surface area contributed by atoms with Gasteiger partial charge in [-0.1, -0.05) is 36.2 Å². The minimum absolute atomic E-state index is 0.305. The second-order valence-corrected chi connectivity index (χ2v) is 7.69. The van der Waals surface area contributed by atoms with Gasteiger partial charge in [0.15, 0.2) is 0 Å². The summed E-state index contributed by atoms with van der Waals surface area (Å²) in [4.78, 5) is 28.1. The lowest BCUT2D eigenvalue weighted by Gasteiger charge is -2.15. The van der Waals surface area contributed by atoms with Gasteiger partial charge in [0.05, 0.1) is 26.2 Å². The molecule has 1 aliphatic rings. The first-order valence-electron chi connectivity index (χ1n) is 6.79. The summed E-state index contributed by atoms with van der Waals surface area (Å²) >= 11 is 14.8. The van der Waals surface area contributed by atoms with E-state index in [9.17, 15) is 9.59 Å². The highest BCUT2D eigenvalue weighted by Crippen LogP contribution is 2.40. The number of hydrogen-bond donors (Lipinski definition) is 0. The van der Waals surface area contributed by atoms with Crippen molar-refractivity contribution in [2.24, 2.45) is 0 Å². The monoisotopic (exact) mass is 383 g/mol. The molecule has 1 aromatic heterocycles. The molecular formula is C16H11Cl2NO2S2. The average molecular weight is 384 g/mol. The van der Waals surface area contributed by atoms with Crippen LogP contribution in [0.1, 0.15) is 11.8 Å². The van der Waals surface area contributed by atoms with Crippen molar-refractivity contribution in [1.82, 2.24) is 0 Å². The number of hydrogen-bond acceptors (Lipinski definition) is 4. The SMILES string of the molecule is CCSC1=C(c2cccs2)C(=O)N(c2ccc(Cl)c(Cl)c2)C1=O. The number of benzene rings is 1. The first kappa shape index (κ1) is 16.6. The molecule has 0 atom stereocenters. The standard InChI is InChI=1S/C16H11Cl2NO2S2/c1-2-22-14-13(12-4-3-7-23-12)15(20)19(16(14)21)9-5-6-10(17)11(18)8-9/h3-8H,2H2,1H3. The zero-order valence-corrected chi connectivity index (χ0v) is 15.2. The zero-order valence-electron chi connectivity index (χ0n) is 12.0. The molecule has 2 aromatic rings. The smallest absolute Gasteiger partial charge is 0.268 e. The van der Waals surface area contributed by atoms with E-state index in [1.165, 1.54) is 29.2 Å². The lowest BCUT2D eigenvalue weighted by molar-refractivity contribution is -0.119. The lowest BCUT2D eigenvalue weighted by Crippen LogP contribution is -2.31. The van der Waals surface area contributed by atoms with Crippen LogP contribution >= 0.6 is 46.3 Å². The largest absolute Gasteiger partial charge is 0.272 e. The minimum atomic E-state index is -0.327. The highest BCUT2D eigenvalue weighted by Gasteiger charge is 2.40.